The summed E-state index contributed by atoms with van der Waals surface area (Å²) < 4.78 is 24.6. The highest BCUT2D eigenvalue weighted by atomic mass is 19.1. The van der Waals surface area contributed by atoms with Gasteiger partial charge in [0.25, 0.3) is 0 Å². The van der Waals surface area contributed by atoms with Crippen LogP contribution in [0.1, 0.15) is 35.2 Å². The third kappa shape index (κ3) is 4.80. The van der Waals surface area contributed by atoms with Crippen molar-refractivity contribution in [2.24, 2.45) is 0 Å². The summed E-state index contributed by atoms with van der Waals surface area (Å²) in [7, 11) is 1.52. The Kier molecular flexibility index (Phi) is 6.60. The summed E-state index contributed by atoms with van der Waals surface area (Å²) >= 11 is 0. The van der Waals surface area contributed by atoms with Gasteiger partial charge in [0.15, 0.2) is 12.0 Å². The van der Waals surface area contributed by atoms with Gasteiger partial charge in [0.1, 0.15) is 5.75 Å². The third-order valence-corrected chi connectivity index (χ3v) is 4.83. The lowest BCUT2D eigenvalue weighted by Crippen LogP contribution is -2.25. The van der Waals surface area contributed by atoms with Gasteiger partial charge in [0.2, 0.25) is 0 Å². The van der Waals surface area contributed by atoms with Crippen molar-refractivity contribution in [3.8, 4) is 5.75 Å². The van der Waals surface area contributed by atoms with E-state index in [0.717, 1.165) is 10.8 Å². The number of carbonyl (C=O) groups is 2. The molecule has 0 saturated heterocycles. The number of carbonyl (C=O) groups excluding carboxylic acids is 2. The molecule has 0 N–H and O–H groups in total. The number of methoxy groups -OCH3 is 1. The molecule has 150 valence electrons. The first-order valence-electron chi connectivity index (χ1n) is 9.51. The average Bonchev–Trinajstić information content (AvgIpc) is 2.76. The molecule has 29 heavy (non-hydrogen) atoms. The van der Waals surface area contributed by atoms with E-state index >= 15 is 0 Å². The second-order valence-electron chi connectivity index (χ2n) is 6.71. The van der Waals surface area contributed by atoms with E-state index in [1.165, 1.54) is 7.11 Å². The Labute approximate surface area is 169 Å². The van der Waals surface area contributed by atoms with E-state index < -0.39 is 18.1 Å². The predicted molar refractivity (Wildman–Crippen MR) is 110 cm³/mol. The normalized spacial score (nSPS) is 12.9. The maximum atomic E-state index is 14.6. The molecule has 3 rings (SSSR count). The van der Waals surface area contributed by atoms with E-state index in [1.54, 1.807) is 43.3 Å². The highest BCUT2D eigenvalue weighted by Gasteiger charge is 2.30. The number of halogens is 1. The molecule has 0 spiro atoms. The largest absolute Gasteiger partial charge is 0.497 e. The number of ether oxygens (including phenoxy) is 2. The number of rotatable bonds is 8. The summed E-state index contributed by atoms with van der Waals surface area (Å²) in [6.07, 6.45) is -2.19. The molecule has 5 heteroatoms. The number of benzene rings is 3. The molecule has 0 radical (unpaired) electrons. The molecular formula is C24H23FO4. The maximum absolute atomic E-state index is 14.6. The number of esters is 1. The number of hydrogen-bond donors (Lipinski definition) is 0. The van der Waals surface area contributed by atoms with Gasteiger partial charge < -0.3 is 9.47 Å². The van der Waals surface area contributed by atoms with Crippen LogP contribution in [0.25, 0.3) is 10.8 Å². The van der Waals surface area contributed by atoms with Crippen LogP contribution in [-0.4, -0.2) is 31.6 Å². The molecule has 4 nitrogen and oxygen atoms in total. The van der Waals surface area contributed by atoms with E-state index in [1.807, 2.05) is 30.3 Å². The first-order valence-corrected chi connectivity index (χ1v) is 9.51. The average molecular weight is 394 g/mol. The molecule has 0 aliphatic rings. The van der Waals surface area contributed by atoms with Gasteiger partial charge in [0, 0.05) is 12.0 Å². The molecule has 0 bridgehead atoms. The number of fused-ring (bicyclic) bond motifs is 1. The van der Waals surface area contributed by atoms with Crippen LogP contribution in [0.3, 0.4) is 0 Å². The smallest absolute Gasteiger partial charge is 0.340 e. The van der Waals surface area contributed by atoms with Gasteiger partial charge in [-0.2, -0.15) is 0 Å². The zero-order valence-electron chi connectivity index (χ0n) is 16.4. The zero-order chi connectivity index (χ0) is 20.8. The second kappa shape index (κ2) is 9.32. The highest BCUT2D eigenvalue weighted by Crippen LogP contribution is 2.30. The Hall–Kier alpha value is -3.21. The van der Waals surface area contributed by atoms with Crippen LogP contribution >= 0.6 is 0 Å². The summed E-state index contributed by atoms with van der Waals surface area (Å²) in [4.78, 5) is 25.2. The molecule has 0 heterocycles. The maximum Gasteiger partial charge on any atom is 0.340 e. The molecule has 0 saturated carbocycles. The second-order valence-corrected chi connectivity index (χ2v) is 6.71. The lowest BCUT2D eigenvalue weighted by atomic mass is 9.86. The van der Waals surface area contributed by atoms with E-state index in [2.05, 4.69) is 0 Å². The molecule has 0 amide bonds. The summed E-state index contributed by atoms with van der Waals surface area (Å²) in [5.41, 5.74) is 1.06. The van der Waals surface area contributed by atoms with Gasteiger partial charge in [-0.25, -0.2) is 9.18 Å². The van der Waals surface area contributed by atoms with E-state index in [9.17, 15) is 14.0 Å². The first-order chi connectivity index (χ1) is 14.0. The molecule has 1 unspecified atom stereocenters. The minimum absolute atomic E-state index is 0.0850. The topological polar surface area (TPSA) is 52.6 Å². The van der Waals surface area contributed by atoms with Gasteiger partial charge in [-0.15, -0.1) is 0 Å². The third-order valence-electron chi connectivity index (χ3n) is 4.83. The summed E-state index contributed by atoms with van der Waals surface area (Å²) in [6.45, 7) is 1.70. The Balaban J connectivity index is 1.97. The SMILES string of the molecule is CCOC(=O)[C@@H](F)CC(C(=O)c1ccc2ccccc2c1)c1cccc(OC)c1. The van der Waals surface area contributed by atoms with Gasteiger partial charge in [-0.1, -0.05) is 48.5 Å². The standard InChI is InChI=1S/C24H23FO4/c1-3-29-24(27)22(25)15-21(18-9-6-10-20(14-18)28-2)23(26)19-12-11-16-7-4-5-8-17(16)13-19/h4-14,21-22H,3,15H2,1-2H3/t21?,22-/m0/s1. The predicted octanol–water partition coefficient (Wildman–Crippen LogP) is 5.11. The quantitative estimate of drug-likeness (QED) is 0.394. The number of Topliss-reactive ketones (excluding diaryl/α,β-unsaturated/α-hetero) is 1. The zero-order valence-corrected chi connectivity index (χ0v) is 16.4. The summed E-state index contributed by atoms with van der Waals surface area (Å²) in [5, 5.41) is 1.93. The van der Waals surface area contributed by atoms with E-state index in [4.69, 9.17) is 9.47 Å². The van der Waals surface area contributed by atoms with Gasteiger partial charge >= 0.3 is 5.97 Å². The van der Waals surface area contributed by atoms with Crippen LogP contribution in [0.2, 0.25) is 0 Å². The Morgan fingerprint density at radius 1 is 0.966 bits per heavy atom. The van der Waals surface area contributed by atoms with Crippen molar-refractivity contribution in [3.05, 3.63) is 77.9 Å². The summed E-state index contributed by atoms with van der Waals surface area (Å²) in [6, 6.07) is 20.0. The fourth-order valence-electron chi connectivity index (χ4n) is 3.33. The lowest BCUT2D eigenvalue weighted by Gasteiger charge is -2.19. The van der Waals surface area contributed by atoms with Crippen LogP contribution in [0, 0.1) is 0 Å². The van der Waals surface area contributed by atoms with Crippen molar-refractivity contribution in [1.29, 1.82) is 0 Å². The minimum Gasteiger partial charge on any atom is -0.497 e. The number of hydrogen-bond acceptors (Lipinski definition) is 4. The highest BCUT2D eigenvalue weighted by molar-refractivity contribution is 6.04. The van der Waals surface area contributed by atoms with Crippen molar-refractivity contribution in [2.75, 3.05) is 13.7 Å². The van der Waals surface area contributed by atoms with Crippen LogP contribution < -0.4 is 4.74 Å². The van der Waals surface area contributed by atoms with Crippen LogP contribution in [0.4, 0.5) is 4.39 Å². The van der Waals surface area contributed by atoms with Crippen LogP contribution in [0.15, 0.2) is 66.7 Å². The molecule has 2 atom stereocenters. The van der Waals surface area contributed by atoms with Crippen molar-refractivity contribution >= 4 is 22.5 Å². The fourth-order valence-corrected chi connectivity index (χ4v) is 3.33. The first kappa shape index (κ1) is 20.5. The van der Waals surface area contributed by atoms with Crippen molar-refractivity contribution in [2.45, 2.75) is 25.4 Å². The molecule has 0 aromatic heterocycles. The van der Waals surface area contributed by atoms with Gasteiger partial charge in [-0.05, 0) is 41.5 Å². The Bertz CT molecular complexity index is 1010. The molecule has 0 aliphatic carbocycles. The van der Waals surface area contributed by atoms with Crippen molar-refractivity contribution in [3.63, 3.8) is 0 Å². The number of alkyl halides is 1. The Morgan fingerprint density at radius 2 is 1.72 bits per heavy atom. The molecule has 0 aliphatic heterocycles. The van der Waals surface area contributed by atoms with E-state index in [0.29, 0.717) is 16.9 Å². The fraction of sp³-hybridized carbons (Fsp3) is 0.250. The molecular weight excluding hydrogens is 371 g/mol. The minimum atomic E-state index is -1.89. The van der Waals surface area contributed by atoms with Crippen molar-refractivity contribution in [1.82, 2.24) is 0 Å². The van der Waals surface area contributed by atoms with Crippen LogP contribution in [0.5, 0.6) is 5.75 Å². The van der Waals surface area contributed by atoms with E-state index in [-0.39, 0.29) is 18.8 Å². The summed E-state index contributed by atoms with van der Waals surface area (Å²) in [5.74, 6) is -1.49. The van der Waals surface area contributed by atoms with Gasteiger partial charge in [-0.3, -0.25) is 4.79 Å². The van der Waals surface area contributed by atoms with Gasteiger partial charge in [0.05, 0.1) is 19.6 Å². The van der Waals surface area contributed by atoms with Crippen molar-refractivity contribution < 1.29 is 23.5 Å². The molecule has 3 aromatic carbocycles. The Morgan fingerprint density at radius 3 is 2.45 bits per heavy atom. The number of ketones is 1. The lowest BCUT2D eigenvalue weighted by molar-refractivity contribution is -0.149. The molecule has 0 fully saturated rings. The monoisotopic (exact) mass is 394 g/mol. The molecule has 3 aromatic rings. The van der Waals surface area contributed by atoms with Crippen LogP contribution in [-0.2, 0) is 9.53 Å².